The molecule has 0 spiro atoms. The molecule has 2 rings (SSSR count). The zero-order valence-corrected chi connectivity index (χ0v) is 9.31. The highest BCUT2D eigenvalue weighted by Gasteiger charge is 2.28. The van der Waals surface area contributed by atoms with Gasteiger partial charge in [0.1, 0.15) is 0 Å². The molecule has 1 aromatic heterocycles. The van der Waals surface area contributed by atoms with Gasteiger partial charge < -0.3 is 9.47 Å². The van der Waals surface area contributed by atoms with E-state index < -0.39 is 0 Å². The molecule has 0 radical (unpaired) electrons. The standard InChI is InChI=1S/C11H17N3O/c1-3-10(9-7-13(2)8-12-9)14-6-4-5-11(14)15/h7-8,10H,3-6H2,1-2H3. The predicted molar refractivity (Wildman–Crippen MR) is 57.2 cm³/mol. The summed E-state index contributed by atoms with van der Waals surface area (Å²) in [4.78, 5) is 17.9. The van der Waals surface area contributed by atoms with Crippen LogP contribution in [-0.4, -0.2) is 26.9 Å². The van der Waals surface area contributed by atoms with Gasteiger partial charge in [-0.1, -0.05) is 6.92 Å². The lowest BCUT2D eigenvalue weighted by atomic mass is 10.1. The molecule has 4 heteroatoms. The van der Waals surface area contributed by atoms with Crippen LogP contribution in [0.3, 0.4) is 0 Å². The highest BCUT2D eigenvalue weighted by Crippen LogP contribution is 2.27. The maximum Gasteiger partial charge on any atom is 0.223 e. The Morgan fingerprint density at radius 1 is 1.60 bits per heavy atom. The smallest absolute Gasteiger partial charge is 0.223 e. The molecule has 2 heterocycles. The van der Waals surface area contributed by atoms with Crippen molar-refractivity contribution >= 4 is 5.91 Å². The second kappa shape index (κ2) is 4.04. The molecule has 15 heavy (non-hydrogen) atoms. The van der Waals surface area contributed by atoms with E-state index in [4.69, 9.17) is 0 Å². The summed E-state index contributed by atoms with van der Waals surface area (Å²) in [6.07, 6.45) is 6.41. The van der Waals surface area contributed by atoms with Crippen molar-refractivity contribution in [3.05, 3.63) is 18.2 Å². The first-order chi connectivity index (χ1) is 7.22. The fourth-order valence-electron chi connectivity index (χ4n) is 2.19. The summed E-state index contributed by atoms with van der Waals surface area (Å²) in [7, 11) is 1.95. The Morgan fingerprint density at radius 2 is 2.40 bits per heavy atom. The van der Waals surface area contributed by atoms with Crippen molar-refractivity contribution in [2.45, 2.75) is 32.2 Å². The number of hydrogen-bond donors (Lipinski definition) is 0. The molecule has 1 aliphatic heterocycles. The van der Waals surface area contributed by atoms with Crippen LogP contribution in [0.25, 0.3) is 0 Å². The van der Waals surface area contributed by atoms with E-state index in [0.717, 1.165) is 25.1 Å². The number of nitrogens with zero attached hydrogens (tertiary/aromatic N) is 3. The van der Waals surface area contributed by atoms with Crippen molar-refractivity contribution in [2.24, 2.45) is 7.05 Å². The Kier molecular flexibility index (Phi) is 2.75. The van der Waals surface area contributed by atoms with Crippen LogP contribution in [0, 0.1) is 0 Å². The van der Waals surface area contributed by atoms with Crippen molar-refractivity contribution in [1.82, 2.24) is 14.5 Å². The Bertz CT molecular complexity index is 358. The van der Waals surface area contributed by atoms with Gasteiger partial charge in [-0.3, -0.25) is 4.79 Å². The van der Waals surface area contributed by atoms with Crippen LogP contribution >= 0.6 is 0 Å². The minimum Gasteiger partial charge on any atom is -0.340 e. The van der Waals surface area contributed by atoms with Gasteiger partial charge in [-0.05, 0) is 12.8 Å². The topological polar surface area (TPSA) is 38.1 Å². The second-order valence-electron chi connectivity index (χ2n) is 4.08. The van der Waals surface area contributed by atoms with Crippen LogP contribution in [0.4, 0.5) is 0 Å². The SMILES string of the molecule is CCC(c1cn(C)cn1)N1CCCC1=O. The molecule has 1 fully saturated rings. The van der Waals surface area contributed by atoms with Crippen molar-refractivity contribution in [3.8, 4) is 0 Å². The molecule has 1 amide bonds. The molecule has 1 unspecified atom stereocenters. The number of aromatic nitrogens is 2. The Morgan fingerprint density at radius 3 is 2.87 bits per heavy atom. The predicted octanol–water partition coefficient (Wildman–Crippen LogP) is 1.49. The molecular weight excluding hydrogens is 190 g/mol. The van der Waals surface area contributed by atoms with Crippen LogP contribution in [0.5, 0.6) is 0 Å². The quantitative estimate of drug-likeness (QED) is 0.753. The summed E-state index contributed by atoms with van der Waals surface area (Å²) >= 11 is 0. The van der Waals surface area contributed by atoms with Crippen LogP contribution in [0.2, 0.25) is 0 Å². The van der Waals surface area contributed by atoms with Crippen molar-refractivity contribution in [3.63, 3.8) is 0 Å². The zero-order valence-electron chi connectivity index (χ0n) is 9.31. The molecule has 1 atom stereocenters. The van der Waals surface area contributed by atoms with Gasteiger partial charge in [0.2, 0.25) is 5.91 Å². The Balaban J connectivity index is 2.20. The second-order valence-corrected chi connectivity index (χ2v) is 4.08. The Labute approximate surface area is 89.9 Å². The van der Waals surface area contributed by atoms with Gasteiger partial charge in [0, 0.05) is 26.2 Å². The van der Waals surface area contributed by atoms with Gasteiger partial charge in [-0.2, -0.15) is 0 Å². The normalized spacial score (nSPS) is 18.5. The molecule has 0 aliphatic carbocycles. The third kappa shape index (κ3) is 1.89. The molecule has 0 aromatic carbocycles. The number of rotatable bonds is 3. The minimum absolute atomic E-state index is 0.168. The van der Waals surface area contributed by atoms with E-state index in [1.54, 1.807) is 6.33 Å². The lowest BCUT2D eigenvalue weighted by molar-refractivity contribution is -0.129. The number of carbonyl (C=O) groups is 1. The number of amides is 1. The van der Waals surface area contributed by atoms with E-state index in [9.17, 15) is 4.79 Å². The van der Waals surface area contributed by atoms with Crippen molar-refractivity contribution in [2.75, 3.05) is 6.54 Å². The summed E-state index contributed by atoms with van der Waals surface area (Å²) in [6.45, 7) is 2.98. The first-order valence-corrected chi connectivity index (χ1v) is 5.49. The maximum atomic E-state index is 11.6. The molecule has 1 aliphatic rings. The van der Waals surface area contributed by atoms with E-state index >= 15 is 0 Å². The van der Waals surface area contributed by atoms with E-state index in [0.29, 0.717) is 6.42 Å². The third-order valence-corrected chi connectivity index (χ3v) is 2.94. The largest absolute Gasteiger partial charge is 0.340 e. The fraction of sp³-hybridized carbons (Fsp3) is 0.636. The molecular formula is C11H17N3O. The van der Waals surface area contributed by atoms with Gasteiger partial charge in [0.15, 0.2) is 0 Å². The number of hydrogen-bond acceptors (Lipinski definition) is 2. The number of aryl methyl sites for hydroxylation is 1. The maximum absolute atomic E-state index is 11.6. The first kappa shape index (κ1) is 10.2. The van der Waals surface area contributed by atoms with Gasteiger partial charge in [0.05, 0.1) is 18.1 Å². The fourth-order valence-corrected chi connectivity index (χ4v) is 2.19. The number of carbonyl (C=O) groups excluding carboxylic acids is 1. The Hall–Kier alpha value is -1.32. The van der Waals surface area contributed by atoms with Crippen molar-refractivity contribution in [1.29, 1.82) is 0 Å². The van der Waals surface area contributed by atoms with E-state index in [1.807, 2.05) is 22.7 Å². The molecule has 0 bridgehead atoms. The third-order valence-electron chi connectivity index (χ3n) is 2.94. The molecule has 0 saturated carbocycles. The van der Waals surface area contributed by atoms with E-state index in [-0.39, 0.29) is 11.9 Å². The summed E-state index contributed by atoms with van der Waals surface area (Å²) in [6, 6.07) is 0.168. The number of likely N-dealkylation sites (tertiary alicyclic amines) is 1. The van der Waals surface area contributed by atoms with Crippen LogP contribution < -0.4 is 0 Å². The van der Waals surface area contributed by atoms with Gasteiger partial charge in [-0.15, -0.1) is 0 Å². The van der Waals surface area contributed by atoms with E-state index in [2.05, 4.69) is 11.9 Å². The molecule has 1 aromatic rings. The summed E-state index contributed by atoms with van der Waals surface area (Å²) in [5.74, 6) is 0.271. The molecule has 1 saturated heterocycles. The average molecular weight is 207 g/mol. The lowest BCUT2D eigenvalue weighted by Crippen LogP contribution is -2.29. The van der Waals surface area contributed by atoms with Gasteiger partial charge in [-0.25, -0.2) is 4.98 Å². The summed E-state index contributed by atoms with van der Waals surface area (Å²) in [5, 5.41) is 0. The van der Waals surface area contributed by atoms with Gasteiger partial charge >= 0.3 is 0 Å². The highest BCUT2D eigenvalue weighted by atomic mass is 16.2. The molecule has 0 N–H and O–H groups in total. The van der Waals surface area contributed by atoms with Crippen LogP contribution in [-0.2, 0) is 11.8 Å². The molecule has 4 nitrogen and oxygen atoms in total. The zero-order chi connectivity index (χ0) is 10.8. The summed E-state index contributed by atoms with van der Waals surface area (Å²) < 4.78 is 1.93. The summed E-state index contributed by atoms with van der Waals surface area (Å²) in [5.41, 5.74) is 1.01. The molecule has 82 valence electrons. The average Bonchev–Trinajstić information content (AvgIpc) is 2.79. The van der Waals surface area contributed by atoms with Gasteiger partial charge in [0.25, 0.3) is 0 Å². The highest BCUT2D eigenvalue weighted by molar-refractivity contribution is 5.78. The van der Waals surface area contributed by atoms with E-state index in [1.165, 1.54) is 0 Å². The van der Waals surface area contributed by atoms with Crippen LogP contribution in [0.15, 0.2) is 12.5 Å². The lowest BCUT2D eigenvalue weighted by Gasteiger charge is -2.25. The number of imidazole rings is 1. The van der Waals surface area contributed by atoms with Crippen molar-refractivity contribution < 1.29 is 4.79 Å². The minimum atomic E-state index is 0.168. The van der Waals surface area contributed by atoms with Crippen LogP contribution in [0.1, 0.15) is 37.9 Å². The first-order valence-electron chi connectivity index (χ1n) is 5.49. The monoisotopic (exact) mass is 207 g/mol.